The molecule has 0 atom stereocenters. The van der Waals surface area contributed by atoms with Crippen LogP contribution in [0, 0.1) is 0 Å². The van der Waals surface area contributed by atoms with Gasteiger partial charge in [0.1, 0.15) is 0 Å². The second-order valence-electron chi connectivity index (χ2n) is 7.61. The molecule has 2 amide bonds. The number of carbonyl (C=O) groups excluding carboxylic acids is 2. The molecule has 0 aliphatic carbocycles. The lowest BCUT2D eigenvalue weighted by Gasteiger charge is -2.16. The topological polar surface area (TPSA) is 61.8 Å². The van der Waals surface area contributed by atoms with Gasteiger partial charge in [-0.05, 0) is 54.2 Å². The van der Waals surface area contributed by atoms with Gasteiger partial charge >= 0.3 is 0 Å². The number of hydrogen-bond donors (Lipinski definition) is 1. The van der Waals surface area contributed by atoms with E-state index in [0.717, 1.165) is 23.2 Å². The van der Waals surface area contributed by atoms with Gasteiger partial charge < -0.3 is 4.90 Å². The highest BCUT2D eigenvalue weighted by Gasteiger charge is 2.22. The smallest absolute Gasteiger partial charge is 0.271 e. The van der Waals surface area contributed by atoms with Gasteiger partial charge in [0.05, 0.1) is 6.21 Å². The van der Waals surface area contributed by atoms with Gasteiger partial charge in [0, 0.05) is 24.2 Å². The van der Waals surface area contributed by atoms with E-state index >= 15 is 0 Å². The van der Waals surface area contributed by atoms with Crippen LogP contribution in [0.3, 0.4) is 0 Å². The number of allylic oxidation sites excluding steroid dienone is 1. The van der Waals surface area contributed by atoms with Crippen LogP contribution in [0.15, 0.2) is 59.2 Å². The zero-order chi connectivity index (χ0) is 20.8. The molecule has 2 aromatic carbocycles. The van der Waals surface area contributed by atoms with E-state index in [4.69, 9.17) is 0 Å². The van der Waals surface area contributed by atoms with Gasteiger partial charge in [-0.25, -0.2) is 5.43 Å². The van der Waals surface area contributed by atoms with Gasteiger partial charge in [-0.15, -0.1) is 0 Å². The monoisotopic (exact) mass is 389 g/mol. The summed E-state index contributed by atoms with van der Waals surface area (Å²) in [7, 11) is 0. The first kappa shape index (κ1) is 20.5. The van der Waals surface area contributed by atoms with Crippen molar-refractivity contribution in [2.75, 3.05) is 11.4 Å². The Morgan fingerprint density at radius 1 is 1.17 bits per heavy atom. The number of benzene rings is 2. The molecule has 1 fully saturated rings. The lowest BCUT2D eigenvalue weighted by molar-refractivity contribution is -0.117. The van der Waals surface area contributed by atoms with E-state index in [9.17, 15) is 9.59 Å². The third kappa shape index (κ3) is 5.41. The Balaban J connectivity index is 1.61. The molecule has 1 heterocycles. The summed E-state index contributed by atoms with van der Waals surface area (Å²) in [5.74, 6) is 0.305. The summed E-state index contributed by atoms with van der Waals surface area (Å²) in [4.78, 5) is 26.0. The quantitative estimate of drug-likeness (QED) is 0.572. The minimum Gasteiger partial charge on any atom is -0.312 e. The van der Waals surface area contributed by atoms with Crippen molar-refractivity contribution >= 4 is 29.8 Å². The maximum Gasteiger partial charge on any atom is 0.271 e. The van der Waals surface area contributed by atoms with Crippen molar-refractivity contribution < 1.29 is 9.59 Å². The van der Waals surface area contributed by atoms with Gasteiger partial charge in [0.2, 0.25) is 5.91 Å². The van der Waals surface area contributed by atoms with Crippen molar-refractivity contribution in [2.24, 2.45) is 5.10 Å². The fourth-order valence-electron chi connectivity index (χ4n) is 3.27. The number of amides is 2. The average molecular weight is 389 g/mol. The Bertz CT molecular complexity index is 943. The molecule has 0 spiro atoms. The van der Waals surface area contributed by atoms with Crippen LogP contribution in [0.25, 0.3) is 6.08 Å². The molecule has 1 saturated heterocycles. The average Bonchev–Trinajstić information content (AvgIpc) is 3.14. The predicted molar refractivity (Wildman–Crippen MR) is 118 cm³/mol. The molecule has 0 aromatic heterocycles. The Hall–Kier alpha value is -3.21. The van der Waals surface area contributed by atoms with Crippen molar-refractivity contribution in [2.45, 2.75) is 39.5 Å². The number of nitrogens with zero attached hydrogens (tertiary/aromatic N) is 2. The number of hydrogen-bond acceptors (Lipinski definition) is 3. The molecule has 1 N–H and O–H groups in total. The second kappa shape index (κ2) is 9.32. The first-order valence-corrected chi connectivity index (χ1v) is 9.96. The number of anilines is 1. The molecular weight excluding hydrogens is 362 g/mol. The minimum atomic E-state index is -0.302. The summed E-state index contributed by atoms with van der Waals surface area (Å²) in [6.45, 7) is 6.98. The Morgan fingerprint density at radius 3 is 2.59 bits per heavy atom. The molecule has 29 heavy (non-hydrogen) atoms. The second-order valence-corrected chi connectivity index (χ2v) is 7.61. The van der Waals surface area contributed by atoms with E-state index in [-0.39, 0.29) is 11.8 Å². The number of hydrazone groups is 1. The highest BCUT2D eigenvalue weighted by atomic mass is 16.2. The van der Waals surface area contributed by atoms with E-state index in [2.05, 4.69) is 48.6 Å². The Labute approximate surface area is 172 Å². The van der Waals surface area contributed by atoms with Crippen LogP contribution >= 0.6 is 0 Å². The first-order chi connectivity index (χ1) is 13.9. The van der Waals surface area contributed by atoms with E-state index in [1.165, 1.54) is 5.56 Å². The minimum absolute atomic E-state index is 0.0998. The molecule has 0 radical (unpaired) electrons. The van der Waals surface area contributed by atoms with Gasteiger partial charge in [0.25, 0.3) is 5.91 Å². The number of carbonyl (C=O) groups is 2. The number of nitrogens with one attached hydrogen (secondary N) is 1. The van der Waals surface area contributed by atoms with Gasteiger partial charge in [-0.3, -0.25) is 9.59 Å². The van der Waals surface area contributed by atoms with E-state index in [1.54, 1.807) is 29.3 Å². The largest absolute Gasteiger partial charge is 0.312 e. The van der Waals surface area contributed by atoms with Crippen LogP contribution in [0.4, 0.5) is 5.69 Å². The molecule has 0 unspecified atom stereocenters. The third-order valence-corrected chi connectivity index (χ3v) is 4.93. The fraction of sp³-hybridized carbons (Fsp3) is 0.292. The highest BCUT2D eigenvalue weighted by Crippen LogP contribution is 2.22. The molecule has 3 rings (SSSR count). The Morgan fingerprint density at radius 2 is 1.93 bits per heavy atom. The highest BCUT2D eigenvalue weighted by molar-refractivity contribution is 5.99. The van der Waals surface area contributed by atoms with E-state index in [1.807, 2.05) is 19.1 Å². The zero-order valence-corrected chi connectivity index (χ0v) is 17.2. The summed E-state index contributed by atoms with van der Waals surface area (Å²) < 4.78 is 0. The summed E-state index contributed by atoms with van der Waals surface area (Å²) >= 11 is 0. The van der Waals surface area contributed by atoms with Crippen molar-refractivity contribution in [3.05, 3.63) is 70.8 Å². The fourth-order valence-corrected chi connectivity index (χ4v) is 3.27. The third-order valence-electron chi connectivity index (χ3n) is 4.93. The van der Waals surface area contributed by atoms with Crippen molar-refractivity contribution in [1.82, 2.24) is 5.43 Å². The molecule has 5 nitrogen and oxygen atoms in total. The van der Waals surface area contributed by atoms with Crippen LogP contribution in [0.1, 0.15) is 61.0 Å². The summed E-state index contributed by atoms with van der Waals surface area (Å²) in [5.41, 5.74) is 7.11. The zero-order valence-electron chi connectivity index (χ0n) is 17.2. The van der Waals surface area contributed by atoms with Crippen LogP contribution < -0.4 is 10.3 Å². The normalized spacial score (nSPS) is 14.8. The molecule has 2 aromatic rings. The predicted octanol–water partition coefficient (Wildman–Crippen LogP) is 4.76. The molecular formula is C24H27N3O2. The van der Waals surface area contributed by atoms with Gasteiger partial charge in [-0.1, -0.05) is 50.3 Å². The Kier molecular flexibility index (Phi) is 6.60. The summed E-state index contributed by atoms with van der Waals surface area (Å²) in [5, 5.41) is 4.06. The van der Waals surface area contributed by atoms with Crippen LogP contribution in [0.5, 0.6) is 0 Å². The number of rotatable bonds is 6. The van der Waals surface area contributed by atoms with Crippen molar-refractivity contribution in [3.8, 4) is 0 Å². The lowest BCUT2D eigenvalue weighted by atomic mass is 10.0. The molecule has 0 saturated carbocycles. The molecule has 0 bridgehead atoms. The standard InChI is InChI=1S/C24H27N3O2/c1-17(2)20-11-9-19(10-12-20)14-18(3)16-25-26-24(29)21-6-4-7-22(15-21)27-13-5-8-23(27)28/h4,6-7,9-12,14-17H,5,8,13H2,1-3H3,(H,26,29). The maximum atomic E-state index is 12.4. The van der Waals surface area contributed by atoms with Crippen LogP contribution in [0.2, 0.25) is 0 Å². The lowest BCUT2D eigenvalue weighted by Crippen LogP contribution is -2.24. The van der Waals surface area contributed by atoms with Gasteiger partial charge in [-0.2, -0.15) is 5.10 Å². The van der Waals surface area contributed by atoms with E-state index in [0.29, 0.717) is 24.4 Å². The molecule has 1 aliphatic rings. The summed E-state index contributed by atoms with van der Waals surface area (Å²) in [6, 6.07) is 15.5. The van der Waals surface area contributed by atoms with E-state index < -0.39 is 0 Å². The molecule has 1 aliphatic heterocycles. The first-order valence-electron chi connectivity index (χ1n) is 9.96. The van der Waals surface area contributed by atoms with Crippen molar-refractivity contribution in [1.29, 1.82) is 0 Å². The summed E-state index contributed by atoms with van der Waals surface area (Å²) in [6.07, 6.45) is 5.05. The molecule has 150 valence electrons. The van der Waals surface area contributed by atoms with Crippen LogP contribution in [-0.4, -0.2) is 24.6 Å². The van der Waals surface area contributed by atoms with Crippen LogP contribution in [-0.2, 0) is 4.79 Å². The van der Waals surface area contributed by atoms with Crippen molar-refractivity contribution in [3.63, 3.8) is 0 Å². The molecule has 5 heteroatoms. The maximum absolute atomic E-state index is 12.4. The SMILES string of the molecule is CC(C=NNC(=O)c1cccc(N2CCCC2=O)c1)=Cc1ccc(C(C)C)cc1. The van der Waals surface area contributed by atoms with Gasteiger partial charge in [0.15, 0.2) is 0 Å².